The van der Waals surface area contributed by atoms with Gasteiger partial charge in [-0.3, -0.25) is 29.4 Å². The van der Waals surface area contributed by atoms with Crippen molar-refractivity contribution in [3.8, 4) is 11.5 Å². The van der Waals surface area contributed by atoms with Crippen molar-refractivity contribution in [2.24, 2.45) is 0 Å². The predicted molar refractivity (Wildman–Crippen MR) is 198 cm³/mol. The Balaban J connectivity index is 0.888. The number of piperazine rings is 1. The average molecular weight is 733 g/mol. The minimum atomic E-state index is -0.464. The number of imide groups is 1. The van der Waals surface area contributed by atoms with Crippen molar-refractivity contribution >= 4 is 52.2 Å². The number of aromatic nitrogens is 3. The molecule has 5 aromatic rings. The number of piperidine rings is 1. The van der Waals surface area contributed by atoms with Crippen molar-refractivity contribution in [3.05, 3.63) is 102 Å². The summed E-state index contributed by atoms with van der Waals surface area (Å²) in [6.07, 6.45) is 3.89. The van der Waals surface area contributed by atoms with Crippen LogP contribution < -0.4 is 36.2 Å². The van der Waals surface area contributed by atoms with E-state index in [4.69, 9.17) is 4.74 Å². The van der Waals surface area contributed by atoms with Crippen molar-refractivity contribution in [2.75, 3.05) is 60.1 Å². The summed E-state index contributed by atoms with van der Waals surface area (Å²) < 4.78 is 22.1. The lowest BCUT2D eigenvalue weighted by Crippen LogP contribution is -2.48. The molecule has 5 N–H and O–H groups in total. The summed E-state index contributed by atoms with van der Waals surface area (Å²) in [5, 5.41) is 18.8. The third-order valence-corrected chi connectivity index (χ3v) is 9.71. The van der Waals surface area contributed by atoms with Gasteiger partial charge in [-0.05, 0) is 73.2 Å². The zero-order valence-electron chi connectivity index (χ0n) is 29.1. The topological polar surface area (TPSA) is 174 Å². The van der Waals surface area contributed by atoms with Gasteiger partial charge < -0.3 is 30.9 Å². The van der Waals surface area contributed by atoms with Crippen LogP contribution in [-0.4, -0.2) is 88.4 Å². The maximum atomic E-state index is 14.4. The molecule has 54 heavy (non-hydrogen) atoms. The Kier molecular flexibility index (Phi) is 9.48. The van der Waals surface area contributed by atoms with Gasteiger partial charge in [0.15, 0.2) is 11.4 Å². The van der Waals surface area contributed by atoms with Crippen molar-refractivity contribution in [1.82, 2.24) is 30.1 Å². The van der Waals surface area contributed by atoms with Gasteiger partial charge in [0, 0.05) is 80.9 Å². The Bertz CT molecular complexity index is 2250. The lowest BCUT2D eigenvalue weighted by molar-refractivity contribution is -0.133. The number of rotatable bonds is 7. The second-order valence-corrected chi connectivity index (χ2v) is 13.3. The molecule has 3 aliphatic rings. The van der Waals surface area contributed by atoms with E-state index in [2.05, 4.69) is 46.5 Å². The quantitative estimate of drug-likeness (QED) is 0.155. The number of anilines is 4. The number of hydrogen-bond donors (Lipinski definition) is 5. The van der Waals surface area contributed by atoms with Crippen molar-refractivity contribution in [2.45, 2.75) is 25.4 Å². The molecule has 5 heterocycles. The zero-order valence-corrected chi connectivity index (χ0v) is 29.1. The van der Waals surface area contributed by atoms with Gasteiger partial charge in [-0.2, -0.15) is 5.10 Å². The Morgan fingerprint density at radius 1 is 0.944 bits per heavy atom. The summed E-state index contributed by atoms with van der Waals surface area (Å²) in [6.45, 7) is 4.52. The van der Waals surface area contributed by atoms with Gasteiger partial charge in [-0.15, -0.1) is 0 Å². The van der Waals surface area contributed by atoms with Crippen LogP contribution >= 0.6 is 0 Å². The van der Waals surface area contributed by atoms with Gasteiger partial charge in [-0.25, -0.2) is 13.9 Å². The van der Waals surface area contributed by atoms with Gasteiger partial charge in [0.05, 0.1) is 11.9 Å². The molecule has 0 saturated carbocycles. The number of fused-ring (bicyclic) bond motifs is 3. The van der Waals surface area contributed by atoms with E-state index in [1.807, 2.05) is 24.3 Å². The SMILES string of the molecule is O=C1CCC(Nc2ccc(N3CCN(CCNC(=O)c4ccc5c(c4)Oc4ccc(F)cc4CNc4ccn6ncc(c6n4)C(=O)N5)CC3)cc2)C(=O)N1. The van der Waals surface area contributed by atoms with Gasteiger partial charge in [-0.1, -0.05) is 0 Å². The number of ether oxygens (including phenoxy) is 1. The van der Waals surface area contributed by atoms with E-state index in [-0.39, 0.29) is 35.6 Å². The summed E-state index contributed by atoms with van der Waals surface area (Å²) in [7, 11) is 0. The van der Waals surface area contributed by atoms with Crippen LogP contribution in [0.25, 0.3) is 5.65 Å². The number of nitrogens with one attached hydrogen (secondary N) is 5. The molecular formula is C38H37FN10O5. The van der Waals surface area contributed by atoms with Crippen LogP contribution in [0.15, 0.2) is 79.1 Å². The standard InChI is InChI=1S/C38H37FN10O5/c39-25-2-9-31-24(19-25)21-41-33-11-13-49-35(45-33)28(22-42-49)37(52)44-29-7-1-23(20-32(29)54-31)36(51)40-12-14-47-15-17-48(18-16-47)27-5-3-26(4-6-27)43-30-8-10-34(50)46-38(30)53/h1-7,9,11,13,19-20,22,30,43H,8,10,12,14-18,21H2,(H,40,51)(H,41,45)(H,44,52)(H,46,50,53). The zero-order chi connectivity index (χ0) is 37.2. The molecule has 276 valence electrons. The minimum Gasteiger partial charge on any atom is -0.455 e. The molecule has 16 heteroatoms. The van der Waals surface area contributed by atoms with E-state index >= 15 is 0 Å². The number of nitrogens with zero attached hydrogens (tertiary/aromatic N) is 5. The number of carbonyl (C=O) groups excluding carboxylic acids is 4. The highest BCUT2D eigenvalue weighted by molar-refractivity contribution is 6.09. The fourth-order valence-electron chi connectivity index (χ4n) is 6.72. The molecule has 0 aliphatic carbocycles. The molecule has 0 radical (unpaired) electrons. The van der Waals surface area contributed by atoms with Crippen LogP contribution in [0.4, 0.5) is 27.3 Å². The second kappa shape index (κ2) is 14.8. The normalized spacial score (nSPS) is 17.5. The second-order valence-electron chi connectivity index (χ2n) is 13.3. The van der Waals surface area contributed by atoms with Crippen molar-refractivity contribution in [3.63, 3.8) is 0 Å². The highest BCUT2D eigenvalue weighted by atomic mass is 19.1. The highest BCUT2D eigenvalue weighted by Gasteiger charge is 2.27. The van der Waals surface area contributed by atoms with E-state index < -0.39 is 17.8 Å². The first-order valence-electron chi connectivity index (χ1n) is 17.7. The molecule has 2 fully saturated rings. The third-order valence-electron chi connectivity index (χ3n) is 9.71. The van der Waals surface area contributed by atoms with Crippen LogP contribution in [0.1, 0.15) is 39.1 Å². The van der Waals surface area contributed by atoms with Gasteiger partial charge in [0.1, 0.15) is 29.0 Å². The fourth-order valence-corrected chi connectivity index (χ4v) is 6.72. The van der Waals surface area contributed by atoms with Crippen molar-refractivity contribution in [1.29, 1.82) is 0 Å². The average Bonchev–Trinajstić information content (AvgIpc) is 3.60. The van der Waals surface area contributed by atoms with E-state index in [0.717, 1.165) is 37.6 Å². The first-order valence-corrected chi connectivity index (χ1v) is 17.7. The lowest BCUT2D eigenvalue weighted by atomic mass is 10.1. The van der Waals surface area contributed by atoms with Crippen LogP contribution in [0, 0.1) is 5.82 Å². The molecular weight excluding hydrogens is 695 g/mol. The molecule has 3 aliphatic heterocycles. The fraction of sp³-hybridized carbons (Fsp3) is 0.263. The highest BCUT2D eigenvalue weighted by Crippen LogP contribution is 2.34. The summed E-state index contributed by atoms with van der Waals surface area (Å²) in [6, 6.07) is 18.1. The lowest BCUT2D eigenvalue weighted by Gasteiger charge is -2.36. The molecule has 1 unspecified atom stereocenters. The number of amides is 4. The van der Waals surface area contributed by atoms with E-state index in [0.29, 0.717) is 60.0 Å². The molecule has 15 nitrogen and oxygen atoms in total. The Labute approximate surface area is 308 Å². The molecule has 3 aromatic carbocycles. The van der Waals surface area contributed by atoms with Crippen LogP contribution in [-0.2, 0) is 16.1 Å². The Hall–Kier alpha value is -6.55. The van der Waals surface area contributed by atoms with Crippen LogP contribution in [0.2, 0.25) is 0 Å². The molecule has 2 bridgehead atoms. The molecule has 0 spiro atoms. The summed E-state index contributed by atoms with van der Waals surface area (Å²) in [5.74, 6) is -0.723. The van der Waals surface area contributed by atoms with Crippen molar-refractivity contribution < 1.29 is 28.3 Å². The first-order chi connectivity index (χ1) is 26.3. The van der Waals surface area contributed by atoms with E-state index in [1.54, 1.807) is 30.5 Å². The molecule has 2 aromatic heterocycles. The third kappa shape index (κ3) is 7.50. The molecule has 1 atom stereocenters. The predicted octanol–water partition coefficient (Wildman–Crippen LogP) is 3.61. The van der Waals surface area contributed by atoms with E-state index in [9.17, 15) is 23.6 Å². The van der Waals surface area contributed by atoms with E-state index in [1.165, 1.54) is 28.9 Å². The molecule has 8 rings (SSSR count). The van der Waals surface area contributed by atoms with Gasteiger partial charge >= 0.3 is 0 Å². The smallest absolute Gasteiger partial charge is 0.261 e. The largest absolute Gasteiger partial charge is 0.455 e. The maximum absolute atomic E-state index is 14.4. The van der Waals surface area contributed by atoms with Crippen LogP contribution in [0.3, 0.4) is 0 Å². The monoisotopic (exact) mass is 732 g/mol. The summed E-state index contributed by atoms with van der Waals surface area (Å²) >= 11 is 0. The first kappa shape index (κ1) is 34.5. The van der Waals surface area contributed by atoms with Crippen LogP contribution in [0.5, 0.6) is 11.5 Å². The maximum Gasteiger partial charge on any atom is 0.261 e. The number of halogens is 1. The number of carbonyl (C=O) groups is 4. The number of benzene rings is 3. The van der Waals surface area contributed by atoms with Gasteiger partial charge in [0.2, 0.25) is 11.8 Å². The summed E-state index contributed by atoms with van der Waals surface area (Å²) in [4.78, 5) is 59.4. The Morgan fingerprint density at radius 2 is 1.78 bits per heavy atom. The molecule has 2 saturated heterocycles. The number of hydrogen-bond acceptors (Lipinski definition) is 11. The summed E-state index contributed by atoms with van der Waals surface area (Å²) in [5.41, 5.74) is 3.63. The minimum absolute atomic E-state index is 0.182. The van der Waals surface area contributed by atoms with Gasteiger partial charge in [0.25, 0.3) is 11.8 Å². The Morgan fingerprint density at radius 3 is 2.59 bits per heavy atom. The molecule has 4 amide bonds.